The second-order valence-electron chi connectivity index (χ2n) is 3.40. The zero-order chi connectivity index (χ0) is 16.6. The molecule has 0 aromatic heterocycles. The highest BCUT2D eigenvalue weighted by atomic mass is 35.7. The molecule has 0 aliphatic heterocycles. The Hall–Kier alpha value is -1.69. The van der Waals surface area contributed by atoms with Crippen molar-refractivity contribution < 1.29 is 40.0 Å². The lowest BCUT2D eigenvalue weighted by Crippen LogP contribution is -2.19. The van der Waals surface area contributed by atoms with E-state index in [0.717, 1.165) is 0 Å². The first kappa shape index (κ1) is 17.4. The molecule has 0 saturated carbocycles. The van der Waals surface area contributed by atoms with Gasteiger partial charge in [-0.2, -0.15) is 0 Å². The summed E-state index contributed by atoms with van der Waals surface area (Å²) in [6.07, 6.45) is -9.18. The second kappa shape index (κ2) is 5.60. The molecule has 0 N–H and O–H groups in total. The Morgan fingerprint density at radius 2 is 1.81 bits per heavy atom. The number of alkyl halides is 5. The third-order valence-electron chi connectivity index (χ3n) is 2.02. The number of nitro groups is 1. The van der Waals surface area contributed by atoms with E-state index in [1.807, 2.05) is 0 Å². The first-order chi connectivity index (χ1) is 9.33. The van der Waals surface area contributed by atoms with E-state index in [4.69, 9.17) is 10.7 Å². The maximum absolute atomic E-state index is 12.7. The van der Waals surface area contributed by atoms with Crippen LogP contribution < -0.4 is 4.74 Å². The van der Waals surface area contributed by atoms with Gasteiger partial charge in [-0.25, -0.2) is 17.2 Å². The number of benzene rings is 1. The maximum atomic E-state index is 12.7. The van der Waals surface area contributed by atoms with Crippen LogP contribution in [0.2, 0.25) is 0 Å². The van der Waals surface area contributed by atoms with Crippen LogP contribution in [0, 0.1) is 10.1 Å². The van der Waals surface area contributed by atoms with Crippen LogP contribution in [-0.4, -0.2) is 19.7 Å². The molecule has 6 nitrogen and oxygen atoms in total. The van der Waals surface area contributed by atoms with Crippen LogP contribution in [0.5, 0.6) is 5.75 Å². The Bertz CT molecular complexity index is 674. The minimum atomic E-state index is -5.47. The highest BCUT2D eigenvalue weighted by molar-refractivity contribution is 8.13. The zero-order valence-corrected chi connectivity index (χ0v) is 11.0. The number of hydrogen-bond acceptors (Lipinski definition) is 5. The molecule has 13 heteroatoms. The largest absolute Gasteiger partial charge is 0.573 e. The first-order valence-electron chi connectivity index (χ1n) is 4.64. The molecule has 21 heavy (non-hydrogen) atoms. The number of nitro benzene ring substituents is 1. The van der Waals surface area contributed by atoms with Crippen molar-refractivity contribution in [1.82, 2.24) is 0 Å². The highest BCUT2D eigenvalue weighted by Gasteiger charge is 2.37. The van der Waals surface area contributed by atoms with Crippen molar-refractivity contribution in [3.05, 3.63) is 27.8 Å². The fourth-order valence-electron chi connectivity index (χ4n) is 1.31. The van der Waals surface area contributed by atoms with E-state index in [2.05, 4.69) is 4.74 Å². The van der Waals surface area contributed by atoms with Crippen LogP contribution in [-0.2, 0) is 9.05 Å². The minimum absolute atomic E-state index is 0.0321. The number of hydrogen-bond donors (Lipinski definition) is 0. The standard InChI is InChI=1S/C8H3ClF5NO5S/c9-21(18,19)3-1-4(15(16)17)6(7(10)11)5(2-3)20-8(12,13)14/h1-2,7H. The van der Waals surface area contributed by atoms with Gasteiger partial charge in [0.15, 0.2) is 0 Å². The van der Waals surface area contributed by atoms with E-state index < -0.39 is 48.7 Å². The van der Waals surface area contributed by atoms with Gasteiger partial charge < -0.3 is 4.74 Å². The lowest BCUT2D eigenvalue weighted by atomic mass is 10.1. The van der Waals surface area contributed by atoms with Crippen molar-refractivity contribution in [2.24, 2.45) is 0 Å². The topological polar surface area (TPSA) is 86.5 Å². The molecule has 0 spiro atoms. The van der Waals surface area contributed by atoms with Gasteiger partial charge in [0.1, 0.15) is 11.3 Å². The lowest BCUT2D eigenvalue weighted by Gasteiger charge is -2.14. The van der Waals surface area contributed by atoms with Crippen LogP contribution >= 0.6 is 10.7 Å². The maximum Gasteiger partial charge on any atom is 0.573 e. The summed E-state index contributed by atoms with van der Waals surface area (Å²) in [7, 11) is 0.132. The summed E-state index contributed by atoms with van der Waals surface area (Å²) in [6, 6.07) is 0.150. The van der Waals surface area contributed by atoms with Crippen LogP contribution in [0.25, 0.3) is 0 Å². The number of rotatable bonds is 4. The van der Waals surface area contributed by atoms with E-state index in [1.165, 1.54) is 0 Å². The Labute approximate surface area is 117 Å². The molecule has 0 heterocycles. The average Bonchev–Trinajstić information content (AvgIpc) is 2.23. The summed E-state index contributed by atoms with van der Waals surface area (Å²) in [4.78, 5) is 7.96. The normalized spacial score (nSPS) is 12.5. The van der Waals surface area contributed by atoms with Crippen LogP contribution in [0.15, 0.2) is 17.0 Å². The average molecular weight is 356 g/mol. The zero-order valence-electron chi connectivity index (χ0n) is 9.40. The van der Waals surface area contributed by atoms with Crippen LogP contribution in [0.4, 0.5) is 27.6 Å². The summed E-state index contributed by atoms with van der Waals surface area (Å²) in [6.45, 7) is 0. The Morgan fingerprint density at radius 3 is 2.14 bits per heavy atom. The van der Waals surface area contributed by atoms with Gasteiger partial charge in [0.05, 0.1) is 9.82 Å². The van der Waals surface area contributed by atoms with Crippen molar-refractivity contribution in [3.8, 4) is 5.75 Å². The van der Waals surface area contributed by atoms with Crippen molar-refractivity contribution in [1.29, 1.82) is 0 Å². The molecule has 1 aromatic rings. The molecule has 1 aromatic carbocycles. The number of halogens is 6. The van der Waals surface area contributed by atoms with E-state index in [9.17, 15) is 40.5 Å². The van der Waals surface area contributed by atoms with Crippen molar-refractivity contribution in [3.63, 3.8) is 0 Å². The second-order valence-corrected chi connectivity index (χ2v) is 5.96. The molecule has 0 atom stereocenters. The minimum Gasteiger partial charge on any atom is -0.405 e. The number of ether oxygens (including phenoxy) is 1. The summed E-state index contributed by atoms with van der Waals surface area (Å²) < 4.78 is 87.1. The Balaban J connectivity index is 3.72. The van der Waals surface area contributed by atoms with E-state index in [-0.39, 0.29) is 12.1 Å². The van der Waals surface area contributed by atoms with Crippen molar-refractivity contribution in [2.75, 3.05) is 0 Å². The monoisotopic (exact) mass is 355 g/mol. The van der Waals surface area contributed by atoms with Gasteiger partial charge in [-0.15, -0.1) is 13.2 Å². The molecular weight excluding hydrogens is 353 g/mol. The molecule has 118 valence electrons. The quantitative estimate of drug-likeness (QED) is 0.358. The fraction of sp³-hybridized carbons (Fsp3) is 0.250. The predicted octanol–water partition coefficient (Wildman–Crippen LogP) is 3.36. The fourth-order valence-corrected chi connectivity index (χ4v) is 2.08. The molecule has 1 rings (SSSR count). The summed E-state index contributed by atoms with van der Waals surface area (Å²) in [5.41, 5.74) is -3.27. The third kappa shape index (κ3) is 4.39. The SMILES string of the molecule is O=[N+]([O-])c1cc(S(=O)(=O)Cl)cc(OC(F)(F)F)c1C(F)F. The predicted molar refractivity (Wildman–Crippen MR) is 57.8 cm³/mol. The van der Waals surface area contributed by atoms with E-state index in [0.29, 0.717) is 0 Å². The molecule has 0 bridgehead atoms. The van der Waals surface area contributed by atoms with Crippen molar-refractivity contribution >= 4 is 25.4 Å². The summed E-state index contributed by atoms with van der Waals surface area (Å²) >= 11 is 0. The van der Waals surface area contributed by atoms with E-state index in [1.54, 1.807) is 0 Å². The summed E-state index contributed by atoms with van der Waals surface area (Å²) in [5.74, 6) is -1.72. The molecular formula is C8H3ClF5NO5S. The number of nitrogens with zero attached hydrogens (tertiary/aromatic N) is 1. The van der Waals surface area contributed by atoms with Crippen molar-refractivity contribution in [2.45, 2.75) is 17.7 Å². The molecule has 0 fully saturated rings. The molecule has 0 radical (unpaired) electrons. The molecule has 0 aliphatic carbocycles. The van der Waals surface area contributed by atoms with Gasteiger partial charge in [0.2, 0.25) is 0 Å². The Morgan fingerprint density at radius 1 is 1.29 bits per heavy atom. The molecule has 0 unspecified atom stereocenters. The first-order valence-corrected chi connectivity index (χ1v) is 6.94. The van der Waals surface area contributed by atoms with Gasteiger partial charge in [-0.05, 0) is 0 Å². The third-order valence-corrected chi connectivity index (χ3v) is 3.35. The van der Waals surface area contributed by atoms with Crippen LogP contribution in [0.3, 0.4) is 0 Å². The molecule has 0 amide bonds. The Kier molecular flexibility index (Phi) is 4.63. The van der Waals surface area contributed by atoms with E-state index >= 15 is 0 Å². The highest BCUT2D eigenvalue weighted by Crippen LogP contribution is 2.41. The molecule has 0 aliphatic rings. The van der Waals surface area contributed by atoms with Gasteiger partial charge in [0, 0.05) is 22.8 Å². The van der Waals surface area contributed by atoms with Gasteiger partial charge in [-0.3, -0.25) is 10.1 Å². The van der Waals surface area contributed by atoms with Gasteiger partial charge in [0.25, 0.3) is 21.2 Å². The summed E-state index contributed by atoms with van der Waals surface area (Å²) in [5, 5.41) is 10.6. The van der Waals surface area contributed by atoms with Crippen LogP contribution in [0.1, 0.15) is 12.0 Å². The smallest absolute Gasteiger partial charge is 0.405 e. The lowest BCUT2D eigenvalue weighted by molar-refractivity contribution is -0.386. The van der Waals surface area contributed by atoms with Gasteiger partial charge >= 0.3 is 6.36 Å². The molecule has 0 saturated heterocycles. The van der Waals surface area contributed by atoms with Gasteiger partial charge in [-0.1, -0.05) is 0 Å².